The van der Waals surface area contributed by atoms with Crippen LogP contribution in [0.25, 0.3) is 11.3 Å². The number of pyridine rings is 1. The van der Waals surface area contributed by atoms with Gasteiger partial charge >= 0.3 is 6.09 Å². The van der Waals surface area contributed by atoms with Gasteiger partial charge in [-0.25, -0.2) is 9.78 Å². The fourth-order valence-electron chi connectivity index (χ4n) is 8.88. The van der Waals surface area contributed by atoms with Crippen LogP contribution >= 0.6 is 0 Å². The minimum Gasteiger partial charge on any atom is -0.496 e. The number of amides is 2. The lowest BCUT2D eigenvalue weighted by atomic mass is 9.51. The van der Waals surface area contributed by atoms with Crippen molar-refractivity contribution in [3.63, 3.8) is 0 Å². The largest absolute Gasteiger partial charge is 0.496 e. The van der Waals surface area contributed by atoms with E-state index in [2.05, 4.69) is 51.1 Å². The second-order valence-corrected chi connectivity index (χ2v) is 15.9. The Labute approximate surface area is 290 Å². The van der Waals surface area contributed by atoms with Crippen molar-refractivity contribution in [1.82, 2.24) is 15.0 Å². The van der Waals surface area contributed by atoms with Crippen LogP contribution in [0.3, 0.4) is 0 Å². The summed E-state index contributed by atoms with van der Waals surface area (Å²) in [5, 5.41) is 4.35. The van der Waals surface area contributed by atoms with Crippen molar-refractivity contribution in [2.45, 2.75) is 109 Å². The van der Waals surface area contributed by atoms with Gasteiger partial charge in [0.1, 0.15) is 29.1 Å². The Bertz CT molecular complexity index is 1640. The fourth-order valence-corrected chi connectivity index (χ4v) is 8.88. The molecule has 0 atom stereocenters. The predicted octanol–water partition coefficient (Wildman–Crippen LogP) is 8.45. The second-order valence-electron chi connectivity index (χ2n) is 15.9. The lowest BCUT2D eigenvalue weighted by Crippen LogP contribution is -2.52. The van der Waals surface area contributed by atoms with Crippen molar-refractivity contribution in [3.8, 4) is 17.0 Å². The Morgan fingerprint density at radius 2 is 1.71 bits per heavy atom. The Morgan fingerprint density at radius 1 is 1.00 bits per heavy atom. The smallest absolute Gasteiger partial charge is 0.410 e. The summed E-state index contributed by atoms with van der Waals surface area (Å²) in [5.74, 6) is 3.23. The van der Waals surface area contributed by atoms with Gasteiger partial charge in [-0.1, -0.05) is 38.1 Å². The third kappa shape index (κ3) is 6.70. The number of carbonyl (C=O) groups is 2. The molecular weight excluding hydrogens is 616 g/mol. The maximum absolute atomic E-state index is 14.6. The standard InChI is InChI=1S/C40H52N4O5/c1-26(2)35-22-33(42-49-35)30-12-19-41-36(21-30)44(37(45)29-6-9-32(10-7-29)48-38(46)43-23-27(3)24-43)25-39-13-16-40(17-14-39,18-15-39)31-8-11-34(47-5)28(4)20-31/h8,11-12,19-22,26-27,29,32H,6-7,9-10,13-18,23-25H2,1-5H3. The van der Waals surface area contributed by atoms with Crippen LogP contribution in [0.15, 0.2) is 47.1 Å². The summed E-state index contributed by atoms with van der Waals surface area (Å²) < 4.78 is 17.0. The van der Waals surface area contributed by atoms with E-state index in [4.69, 9.17) is 19.0 Å². The van der Waals surface area contributed by atoms with Gasteiger partial charge in [-0.05, 0) is 117 Å². The molecule has 3 heterocycles. The maximum atomic E-state index is 14.6. The van der Waals surface area contributed by atoms with E-state index < -0.39 is 0 Å². The number of anilines is 1. The minimum absolute atomic E-state index is 0.0520. The van der Waals surface area contributed by atoms with Crippen LogP contribution in [0.2, 0.25) is 0 Å². The summed E-state index contributed by atoms with van der Waals surface area (Å²) >= 11 is 0. The molecule has 0 N–H and O–H groups in total. The highest BCUT2D eigenvalue weighted by molar-refractivity contribution is 5.95. The molecule has 3 aromatic rings. The van der Waals surface area contributed by atoms with Crippen molar-refractivity contribution >= 4 is 17.8 Å². The Hall–Kier alpha value is -3.88. The number of hydrogen-bond donors (Lipinski definition) is 0. The van der Waals surface area contributed by atoms with E-state index in [1.807, 2.05) is 23.1 Å². The van der Waals surface area contributed by atoms with E-state index in [9.17, 15) is 9.59 Å². The second kappa shape index (κ2) is 13.4. The molecule has 1 saturated heterocycles. The molecule has 0 radical (unpaired) electrons. The van der Waals surface area contributed by atoms with E-state index >= 15 is 0 Å². The number of benzene rings is 1. The molecule has 262 valence electrons. The molecule has 0 unspecified atom stereocenters. The van der Waals surface area contributed by atoms with Crippen molar-refractivity contribution in [2.24, 2.45) is 17.3 Å². The first-order valence-electron chi connectivity index (χ1n) is 18.4. The number of nitrogens with zero attached hydrogens (tertiary/aromatic N) is 4. The lowest BCUT2D eigenvalue weighted by Gasteiger charge is -2.55. The predicted molar refractivity (Wildman–Crippen MR) is 189 cm³/mol. The molecule has 2 amide bonds. The van der Waals surface area contributed by atoms with Crippen LogP contribution in [0, 0.1) is 24.2 Å². The highest BCUT2D eigenvalue weighted by Gasteiger charge is 2.51. The summed E-state index contributed by atoms with van der Waals surface area (Å²) in [6.45, 7) is 10.6. The number of ether oxygens (including phenoxy) is 2. The molecule has 5 fully saturated rings. The van der Waals surface area contributed by atoms with Crippen LogP contribution in [-0.2, 0) is 14.9 Å². The number of rotatable bonds is 9. The van der Waals surface area contributed by atoms with Crippen LogP contribution in [-0.4, -0.2) is 59.9 Å². The van der Waals surface area contributed by atoms with E-state index in [0.717, 1.165) is 74.4 Å². The summed E-state index contributed by atoms with van der Waals surface area (Å²) in [6.07, 6.45) is 10.9. The number of likely N-dealkylation sites (tertiary alicyclic amines) is 1. The van der Waals surface area contributed by atoms with Crippen molar-refractivity contribution in [1.29, 1.82) is 0 Å². The fraction of sp³-hybridized carbons (Fsp3) is 0.600. The highest BCUT2D eigenvalue weighted by atomic mass is 16.6. The molecule has 0 spiro atoms. The number of carbonyl (C=O) groups excluding carboxylic acids is 2. The molecular formula is C40H52N4O5. The van der Waals surface area contributed by atoms with Crippen LogP contribution in [0.5, 0.6) is 5.75 Å². The zero-order chi connectivity index (χ0) is 34.3. The first-order chi connectivity index (χ1) is 23.6. The van der Waals surface area contributed by atoms with Crippen molar-refractivity contribution in [3.05, 3.63) is 59.5 Å². The summed E-state index contributed by atoms with van der Waals surface area (Å²) in [4.78, 5) is 35.8. The molecule has 1 aliphatic heterocycles. The number of aryl methyl sites for hydroxylation is 1. The third-order valence-electron chi connectivity index (χ3n) is 12.2. The number of fused-ring (bicyclic) bond motifs is 3. The van der Waals surface area contributed by atoms with Gasteiger partial charge < -0.3 is 18.9 Å². The summed E-state index contributed by atoms with van der Waals surface area (Å²) in [5.41, 5.74) is 4.51. The van der Waals surface area contributed by atoms with Crippen molar-refractivity contribution in [2.75, 3.05) is 31.6 Å². The van der Waals surface area contributed by atoms with Gasteiger partial charge in [-0.3, -0.25) is 9.69 Å². The average Bonchev–Trinajstić information content (AvgIpc) is 3.61. The van der Waals surface area contributed by atoms with Gasteiger partial charge in [0.15, 0.2) is 0 Å². The quantitative estimate of drug-likeness (QED) is 0.226. The number of aromatic nitrogens is 2. The van der Waals surface area contributed by atoms with Gasteiger partial charge in [0.05, 0.1) is 7.11 Å². The van der Waals surface area contributed by atoms with E-state index in [-0.39, 0.29) is 40.8 Å². The Morgan fingerprint density at radius 3 is 2.33 bits per heavy atom. The molecule has 4 saturated carbocycles. The molecule has 49 heavy (non-hydrogen) atoms. The normalized spacial score (nSPS) is 26.8. The molecule has 5 aliphatic rings. The lowest BCUT2D eigenvalue weighted by molar-refractivity contribution is -0.124. The average molecular weight is 669 g/mol. The van der Waals surface area contributed by atoms with E-state index in [1.165, 1.54) is 11.1 Å². The topological polar surface area (TPSA) is 98.0 Å². The van der Waals surface area contributed by atoms with Gasteiger partial charge in [0, 0.05) is 49.3 Å². The minimum atomic E-state index is -0.210. The van der Waals surface area contributed by atoms with Crippen LogP contribution in [0.4, 0.5) is 10.6 Å². The summed E-state index contributed by atoms with van der Waals surface area (Å²) in [7, 11) is 1.73. The van der Waals surface area contributed by atoms with Crippen LogP contribution < -0.4 is 9.64 Å². The number of hydrogen-bond acceptors (Lipinski definition) is 7. The molecule has 9 nitrogen and oxygen atoms in total. The first-order valence-corrected chi connectivity index (χ1v) is 18.4. The third-order valence-corrected chi connectivity index (χ3v) is 12.2. The zero-order valence-electron chi connectivity index (χ0n) is 29.9. The Balaban J connectivity index is 1.10. The first kappa shape index (κ1) is 33.6. The molecule has 1 aromatic carbocycles. The highest BCUT2D eigenvalue weighted by Crippen LogP contribution is 2.58. The number of methoxy groups -OCH3 is 1. The van der Waals surface area contributed by atoms with Gasteiger partial charge in [-0.15, -0.1) is 0 Å². The van der Waals surface area contributed by atoms with Gasteiger partial charge in [0.2, 0.25) is 5.91 Å². The van der Waals surface area contributed by atoms with Crippen molar-refractivity contribution < 1.29 is 23.6 Å². The Kier molecular flexibility index (Phi) is 9.22. The van der Waals surface area contributed by atoms with E-state index in [0.29, 0.717) is 44.0 Å². The zero-order valence-corrected chi connectivity index (χ0v) is 29.9. The molecule has 8 rings (SSSR count). The van der Waals surface area contributed by atoms with Crippen LogP contribution in [0.1, 0.15) is 108 Å². The molecule has 2 aromatic heterocycles. The SMILES string of the molecule is COc1ccc(C23CCC(CN(C(=O)C4CCC(OC(=O)N5CC(C)C5)CC4)c4cc(-c5cc(C(C)C)on5)ccn4)(CC2)CC3)cc1C. The van der Waals surface area contributed by atoms with Gasteiger partial charge in [-0.2, -0.15) is 0 Å². The molecule has 4 aliphatic carbocycles. The molecule has 9 heteroatoms. The molecule has 2 bridgehead atoms. The summed E-state index contributed by atoms with van der Waals surface area (Å²) in [6, 6.07) is 12.7. The monoisotopic (exact) mass is 668 g/mol. The van der Waals surface area contributed by atoms with E-state index in [1.54, 1.807) is 18.2 Å². The maximum Gasteiger partial charge on any atom is 0.410 e. The van der Waals surface area contributed by atoms with Gasteiger partial charge in [0.25, 0.3) is 0 Å².